The molecular weight excluding hydrogens is 227 g/mol. The molecule has 0 amide bonds. The number of halogens is 1. The van der Waals surface area contributed by atoms with Gasteiger partial charge in [-0.05, 0) is 42.9 Å². The van der Waals surface area contributed by atoms with Crippen molar-refractivity contribution in [2.75, 3.05) is 18.0 Å². The number of rotatable bonds is 2. The van der Waals surface area contributed by atoms with E-state index in [9.17, 15) is 4.39 Å². The summed E-state index contributed by atoms with van der Waals surface area (Å²) < 4.78 is 14.1. The maximum Gasteiger partial charge on any atom is 0.146 e. The van der Waals surface area contributed by atoms with Gasteiger partial charge in [-0.25, -0.2) is 4.39 Å². The molecule has 1 saturated heterocycles. The molecule has 18 heavy (non-hydrogen) atoms. The molecule has 100 valence electrons. The molecule has 2 rings (SSSR count). The third-order valence-corrected chi connectivity index (χ3v) is 4.17. The molecular formula is C15H23FN2. The molecule has 3 atom stereocenters. The average Bonchev–Trinajstić information content (AvgIpc) is 2.32. The molecule has 1 fully saturated rings. The number of hydrogen-bond acceptors (Lipinski definition) is 2. The number of benzene rings is 1. The summed E-state index contributed by atoms with van der Waals surface area (Å²) in [5.41, 5.74) is 7.35. The van der Waals surface area contributed by atoms with Gasteiger partial charge >= 0.3 is 0 Å². The predicted octanol–water partition coefficient (Wildman–Crippen LogP) is 3.33. The molecule has 0 bridgehead atoms. The lowest BCUT2D eigenvalue weighted by Gasteiger charge is -2.37. The van der Waals surface area contributed by atoms with Gasteiger partial charge < -0.3 is 10.6 Å². The molecule has 0 aliphatic carbocycles. The first kappa shape index (κ1) is 13.3. The lowest BCUT2D eigenvalue weighted by Crippen LogP contribution is -2.38. The van der Waals surface area contributed by atoms with Crippen LogP contribution in [-0.4, -0.2) is 13.1 Å². The smallest absolute Gasteiger partial charge is 0.146 e. The Labute approximate surface area is 109 Å². The van der Waals surface area contributed by atoms with E-state index in [-0.39, 0.29) is 11.9 Å². The Balaban J connectivity index is 2.19. The Kier molecular flexibility index (Phi) is 3.91. The second kappa shape index (κ2) is 5.27. The monoisotopic (exact) mass is 250 g/mol. The zero-order valence-corrected chi connectivity index (χ0v) is 11.5. The van der Waals surface area contributed by atoms with Crippen LogP contribution in [0.4, 0.5) is 10.1 Å². The van der Waals surface area contributed by atoms with Gasteiger partial charge in [-0.1, -0.05) is 19.9 Å². The van der Waals surface area contributed by atoms with Crippen molar-refractivity contribution in [1.82, 2.24) is 0 Å². The van der Waals surface area contributed by atoms with Gasteiger partial charge in [-0.2, -0.15) is 0 Å². The van der Waals surface area contributed by atoms with Crippen LogP contribution in [-0.2, 0) is 0 Å². The zero-order chi connectivity index (χ0) is 13.3. The van der Waals surface area contributed by atoms with Crippen molar-refractivity contribution >= 4 is 5.69 Å². The fourth-order valence-electron chi connectivity index (χ4n) is 2.54. The number of nitrogens with zero attached hydrogens (tertiary/aromatic N) is 1. The Morgan fingerprint density at radius 3 is 2.61 bits per heavy atom. The van der Waals surface area contributed by atoms with Crippen LogP contribution in [0.25, 0.3) is 0 Å². The van der Waals surface area contributed by atoms with Gasteiger partial charge in [0.15, 0.2) is 0 Å². The maximum atomic E-state index is 14.1. The number of hydrogen-bond donors (Lipinski definition) is 1. The summed E-state index contributed by atoms with van der Waals surface area (Å²) in [5, 5.41) is 0. The van der Waals surface area contributed by atoms with E-state index in [2.05, 4.69) is 18.7 Å². The molecule has 1 heterocycles. The zero-order valence-electron chi connectivity index (χ0n) is 11.5. The SMILES string of the molecule is CC(N)c1ccc(N2CCC(C)C(C)C2)c(F)c1. The Morgan fingerprint density at radius 1 is 1.33 bits per heavy atom. The first-order valence-corrected chi connectivity index (χ1v) is 6.79. The highest BCUT2D eigenvalue weighted by molar-refractivity contribution is 5.50. The van der Waals surface area contributed by atoms with Gasteiger partial charge in [-0.15, -0.1) is 0 Å². The first-order valence-electron chi connectivity index (χ1n) is 6.79. The minimum atomic E-state index is -0.147. The van der Waals surface area contributed by atoms with E-state index in [0.717, 1.165) is 36.7 Å². The van der Waals surface area contributed by atoms with E-state index in [0.29, 0.717) is 5.92 Å². The maximum absolute atomic E-state index is 14.1. The summed E-state index contributed by atoms with van der Waals surface area (Å²) in [4.78, 5) is 2.16. The van der Waals surface area contributed by atoms with Crippen molar-refractivity contribution in [1.29, 1.82) is 0 Å². The predicted molar refractivity (Wildman–Crippen MR) is 74.2 cm³/mol. The second-order valence-corrected chi connectivity index (χ2v) is 5.69. The number of nitrogens with two attached hydrogens (primary N) is 1. The lowest BCUT2D eigenvalue weighted by molar-refractivity contribution is 0.322. The van der Waals surface area contributed by atoms with Crippen LogP contribution in [0, 0.1) is 17.7 Å². The molecule has 2 N–H and O–H groups in total. The van der Waals surface area contributed by atoms with Crippen LogP contribution in [0.1, 0.15) is 38.8 Å². The second-order valence-electron chi connectivity index (χ2n) is 5.69. The van der Waals surface area contributed by atoms with Crippen LogP contribution in [0.2, 0.25) is 0 Å². The van der Waals surface area contributed by atoms with Gasteiger partial charge in [0.05, 0.1) is 5.69 Å². The van der Waals surface area contributed by atoms with Crippen LogP contribution in [0.15, 0.2) is 18.2 Å². The molecule has 1 aromatic carbocycles. The molecule has 0 spiro atoms. The minimum Gasteiger partial charge on any atom is -0.369 e. The number of anilines is 1. The minimum absolute atomic E-state index is 0.117. The topological polar surface area (TPSA) is 29.3 Å². The van der Waals surface area contributed by atoms with Crippen molar-refractivity contribution in [3.63, 3.8) is 0 Å². The van der Waals surface area contributed by atoms with Gasteiger partial charge in [-0.3, -0.25) is 0 Å². The molecule has 1 aliphatic heterocycles. The number of piperidine rings is 1. The highest BCUT2D eigenvalue weighted by Gasteiger charge is 2.24. The summed E-state index contributed by atoms with van der Waals surface area (Å²) in [6.45, 7) is 8.28. The van der Waals surface area contributed by atoms with Gasteiger partial charge in [0, 0.05) is 19.1 Å². The highest BCUT2D eigenvalue weighted by Crippen LogP contribution is 2.29. The van der Waals surface area contributed by atoms with E-state index in [1.165, 1.54) is 0 Å². The first-order chi connectivity index (χ1) is 8.49. The fourth-order valence-corrected chi connectivity index (χ4v) is 2.54. The molecule has 1 aromatic rings. The quantitative estimate of drug-likeness (QED) is 0.872. The Bertz CT molecular complexity index is 417. The average molecular weight is 250 g/mol. The summed E-state index contributed by atoms with van der Waals surface area (Å²) in [6, 6.07) is 5.26. The molecule has 0 radical (unpaired) electrons. The third kappa shape index (κ3) is 2.66. The molecule has 2 nitrogen and oxygen atoms in total. The molecule has 1 aliphatic rings. The summed E-state index contributed by atoms with van der Waals surface area (Å²) in [5.74, 6) is 1.20. The van der Waals surface area contributed by atoms with Crippen LogP contribution < -0.4 is 10.6 Å². The standard InChI is InChI=1S/C15H23FN2/c1-10-6-7-18(9-11(10)2)15-5-4-13(12(3)17)8-14(15)16/h4-5,8,10-12H,6-7,9,17H2,1-3H3. The van der Waals surface area contributed by atoms with Crippen LogP contribution in [0.3, 0.4) is 0 Å². The third-order valence-electron chi connectivity index (χ3n) is 4.17. The summed E-state index contributed by atoms with van der Waals surface area (Å²) in [7, 11) is 0. The van der Waals surface area contributed by atoms with Crippen molar-refractivity contribution < 1.29 is 4.39 Å². The molecule has 0 aromatic heterocycles. The lowest BCUT2D eigenvalue weighted by atomic mass is 9.88. The summed E-state index contributed by atoms with van der Waals surface area (Å²) >= 11 is 0. The van der Waals surface area contributed by atoms with Gasteiger partial charge in [0.1, 0.15) is 5.82 Å². The van der Waals surface area contributed by atoms with Crippen LogP contribution in [0.5, 0.6) is 0 Å². The van der Waals surface area contributed by atoms with E-state index in [4.69, 9.17) is 5.73 Å². The van der Waals surface area contributed by atoms with E-state index in [1.807, 2.05) is 19.1 Å². The molecule has 3 heteroatoms. The molecule has 3 unspecified atom stereocenters. The van der Waals surface area contributed by atoms with Crippen molar-refractivity contribution in [3.8, 4) is 0 Å². The normalized spacial score (nSPS) is 26.2. The van der Waals surface area contributed by atoms with Crippen molar-refractivity contribution in [3.05, 3.63) is 29.6 Å². The van der Waals surface area contributed by atoms with Crippen molar-refractivity contribution in [2.24, 2.45) is 17.6 Å². The van der Waals surface area contributed by atoms with E-state index >= 15 is 0 Å². The van der Waals surface area contributed by atoms with E-state index in [1.54, 1.807) is 6.07 Å². The largest absolute Gasteiger partial charge is 0.369 e. The fraction of sp³-hybridized carbons (Fsp3) is 0.600. The van der Waals surface area contributed by atoms with Crippen LogP contribution >= 0.6 is 0 Å². The summed E-state index contributed by atoms with van der Waals surface area (Å²) in [6.07, 6.45) is 1.13. The Morgan fingerprint density at radius 2 is 2.06 bits per heavy atom. The Hall–Kier alpha value is -1.09. The van der Waals surface area contributed by atoms with E-state index < -0.39 is 0 Å². The van der Waals surface area contributed by atoms with Gasteiger partial charge in [0.2, 0.25) is 0 Å². The van der Waals surface area contributed by atoms with Gasteiger partial charge in [0.25, 0.3) is 0 Å². The molecule has 0 saturated carbocycles. The van der Waals surface area contributed by atoms with Crippen molar-refractivity contribution in [2.45, 2.75) is 33.2 Å². The highest BCUT2D eigenvalue weighted by atomic mass is 19.1.